The Morgan fingerprint density at radius 2 is 1.27 bits per heavy atom. The second kappa shape index (κ2) is 3.48. The van der Waals surface area contributed by atoms with Crippen LogP contribution in [0.1, 0.15) is 39.8 Å². The van der Waals surface area contributed by atoms with Crippen LogP contribution >= 0.6 is 0 Å². The van der Waals surface area contributed by atoms with Crippen molar-refractivity contribution in [2.75, 3.05) is 0 Å². The van der Waals surface area contributed by atoms with Gasteiger partial charge in [0.2, 0.25) is 0 Å². The highest BCUT2D eigenvalue weighted by atomic mass is 16.1. The van der Waals surface area contributed by atoms with E-state index in [1.807, 2.05) is 0 Å². The number of ketones is 1. The standard InChI is InChI=1S/C14H18O/c1-8-9(2)11(4)14-7-12(15)5-6-13(14)10(8)3/h5-7H2,1-4H3. The van der Waals surface area contributed by atoms with Crippen LogP contribution in [0.4, 0.5) is 0 Å². The molecule has 1 aliphatic carbocycles. The van der Waals surface area contributed by atoms with Crippen LogP contribution in [0.25, 0.3) is 0 Å². The summed E-state index contributed by atoms with van der Waals surface area (Å²) < 4.78 is 0. The molecule has 0 aromatic heterocycles. The van der Waals surface area contributed by atoms with Crippen LogP contribution < -0.4 is 0 Å². The first-order valence-electron chi connectivity index (χ1n) is 5.62. The van der Waals surface area contributed by atoms with Crippen LogP contribution in [0.15, 0.2) is 0 Å². The summed E-state index contributed by atoms with van der Waals surface area (Å²) >= 11 is 0. The molecular formula is C14H18O. The van der Waals surface area contributed by atoms with Crippen molar-refractivity contribution < 1.29 is 4.79 Å². The molecule has 0 unspecified atom stereocenters. The van der Waals surface area contributed by atoms with Gasteiger partial charge >= 0.3 is 0 Å². The van der Waals surface area contributed by atoms with Crippen molar-refractivity contribution in [1.82, 2.24) is 0 Å². The summed E-state index contributed by atoms with van der Waals surface area (Å²) in [4.78, 5) is 11.5. The van der Waals surface area contributed by atoms with Gasteiger partial charge in [-0.25, -0.2) is 0 Å². The van der Waals surface area contributed by atoms with Crippen molar-refractivity contribution in [3.05, 3.63) is 33.4 Å². The molecule has 0 fully saturated rings. The number of carbonyl (C=O) groups excluding carboxylic acids is 1. The first-order valence-corrected chi connectivity index (χ1v) is 5.62. The maximum Gasteiger partial charge on any atom is 0.137 e. The van der Waals surface area contributed by atoms with Crippen LogP contribution in [0, 0.1) is 27.7 Å². The highest BCUT2D eigenvalue weighted by Gasteiger charge is 2.21. The van der Waals surface area contributed by atoms with E-state index in [0.717, 1.165) is 12.8 Å². The predicted molar refractivity (Wildman–Crippen MR) is 62.4 cm³/mol. The Morgan fingerprint density at radius 1 is 0.733 bits per heavy atom. The lowest BCUT2D eigenvalue weighted by Crippen LogP contribution is -2.17. The summed E-state index contributed by atoms with van der Waals surface area (Å²) in [6.45, 7) is 8.70. The Bertz CT molecular complexity index is 441. The largest absolute Gasteiger partial charge is 0.299 e. The van der Waals surface area contributed by atoms with E-state index in [9.17, 15) is 4.79 Å². The minimum Gasteiger partial charge on any atom is -0.299 e. The molecule has 0 aliphatic heterocycles. The van der Waals surface area contributed by atoms with Crippen LogP contribution in [0.2, 0.25) is 0 Å². The van der Waals surface area contributed by atoms with E-state index in [0.29, 0.717) is 12.2 Å². The van der Waals surface area contributed by atoms with Gasteiger partial charge in [0.15, 0.2) is 0 Å². The minimum absolute atomic E-state index is 0.397. The van der Waals surface area contributed by atoms with E-state index >= 15 is 0 Å². The van der Waals surface area contributed by atoms with Gasteiger partial charge in [0.1, 0.15) is 5.78 Å². The fourth-order valence-corrected chi connectivity index (χ4v) is 2.60. The lowest BCUT2D eigenvalue weighted by atomic mass is 9.81. The third kappa shape index (κ3) is 1.50. The smallest absolute Gasteiger partial charge is 0.137 e. The lowest BCUT2D eigenvalue weighted by molar-refractivity contribution is -0.118. The van der Waals surface area contributed by atoms with Crippen LogP contribution in [0.3, 0.4) is 0 Å². The molecule has 0 atom stereocenters. The lowest BCUT2D eigenvalue weighted by Gasteiger charge is -2.23. The molecule has 0 amide bonds. The zero-order valence-electron chi connectivity index (χ0n) is 10.0. The van der Waals surface area contributed by atoms with Crippen molar-refractivity contribution in [2.45, 2.75) is 47.0 Å². The van der Waals surface area contributed by atoms with Gasteiger partial charge in [0.05, 0.1) is 0 Å². The molecule has 1 aromatic carbocycles. The van der Waals surface area contributed by atoms with Gasteiger partial charge in [-0.05, 0) is 67.5 Å². The molecule has 80 valence electrons. The second-order valence-electron chi connectivity index (χ2n) is 4.67. The molecule has 0 N–H and O–H groups in total. The Labute approximate surface area is 91.5 Å². The number of hydrogen-bond donors (Lipinski definition) is 0. The molecule has 1 aromatic rings. The average Bonchev–Trinajstić information content (AvgIpc) is 2.23. The van der Waals surface area contributed by atoms with Crippen LogP contribution in [-0.2, 0) is 17.6 Å². The Balaban J connectivity index is 2.70. The van der Waals surface area contributed by atoms with Crippen molar-refractivity contribution in [1.29, 1.82) is 0 Å². The summed E-state index contributed by atoms with van der Waals surface area (Å²) in [5.74, 6) is 0.397. The maximum absolute atomic E-state index is 11.5. The summed E-state index contributed by atoms with van der Waals surface area (Å²) in [6, 6.07) is 0. The van der Waals surface area contributed by atoms with Crippen molar-refractivity contribution in [3.63, 3.8) is 0 Å². The van der Waals surface area contributed by atoms with Gasteiger partial charge in [-0.1, -0.05) is 0 Å². The fourth-order valence-electron chi connectivity index (χ4n) is 2.60. The molecule has 15 heavy (non-hydrogen) atoms. The first kappa shape index (κ1) is 10.4. The monoisotopic (exact) mass is 202 g/mol. The first-order chi connectivity index (χ1) is 7.02. The number of Topliss-reactive ketones (excluding diaryl/α,β-unsaturated/α-hetero) is 1. The Hall–Kier alpha value is -1.11. The van der Waals surface area contributed by atoms with Crippen molar-refractivity contribution in [3.8, 4) is 0 Å². The SMILES string of the molecule is Cc1c(C)c(C)c2c(c1C)CCC(=O)C2. The van der Waals surface area contributed by atoms with Gasteiger partial charge in [0.25, 0.3) is 0 Å². The molecule has 0 saturated heterocycles. The quantitative estimate of drug-likeness (QED) is 0.632. The average molecular weight is 202 g/mol. The summed E-state index contributed by atoms with van der Waals surface area (Å²) in [5, 5.41) is 0. The molecule has 1 aliphatic rings. The number of benzene rings is 1. The Morgan fingerprint density at radius 3 is 1.87 bits per heavy atom. The van der Waals surface area contributed by atoms with Crippen LogP contribution in [-0.4, -0.2) is 5.78 Å². The van der Waals surface area contributed by atoms with E-state index in [4.69, 9.17) is 0 Å². The second-order valence-corrected chi connectivity index (χ2v) is 4.67. The van der Waals surface area contributed by atoms with Crippen LogP contribution in [0.5, 0.6) is 0 Å². The molecule has 0 saturated carbocycles. The molecular weight excluding hydrogens is 184 g/mol. The van der Waals surface area contributed by atoms with Gasteiger partial charge in [-0.2, -0.15) is 0 Å². The molecule has 0 radical (unpaired) electrons. The number of carbonyl (C=O) groups is 1. The molecule has 1 heteroatoms. The molecule has 1 nitrogen and oxygen atoms in total. The number of fused-ring (bicyclic) bond motifs is 1. The zero-order chi connectivity index (χ0) is 11.2. The zero-order valence-corrected chi connectivity index (χ0v) is 10.0. The summed E-state index contributed by atoms with van der Waals surface area (Å²) in [7, 11) is 0. The number of hydrogen-bond acceptors (Lipinski definition) is 1. The van der Waals surface area contributed by atoms with E-state index in [1.165, 1.54) is 33.4 Å². The highest BCUT2D eigenvalue weighted by Crippen LogP contribution is 2.30. The van der Waals surface area contributed by atoms with Crippen molar-refractivity contribution >= 4 is 5.78 Å². The minimum atomic E-state index is 0.397. The van der Waals surface area contributed by atoms with E-state index < -0.39 is 0 Å². The third-order valence-electron chi connectivity index (χ3n) is 3.98. The topological polar surface area (TPSA) is 17.1 Å². The summed E-state index contributed by atoms with van der Waals surface area (Å²) in [6.07, 6.45) is 2.33. The molecule has 0 heterocycles. The van der Waals surface area contributed by atoms with Crippen molar-refractivity contribution in [2.24, 2.45) is 0 Å². The van der Waals surface area contributed by atoms with Gasteiger partial charge in [-0.3, -0.25) is 4.79 Å². The van der Waals surface area contributed by atoms with Gasteiger partial charge < -0.3 is 0 Å². The molecule has 0 bridgehead atoms. The normalized spacial score (nSPS) is 15.3. The fraction of sp³-hybridized carbons (Fsp3) is 0.500. The third-order valence-corrected chi connectivity index (χ3v) is 3.98. The maximum atomic E-state index is 11.5. The van der Waals surface area contributed by atoms with E-state index in [2.05, 4.69) is 27.7 Å². The Kier molecular flexibility index (Phi) is 2.41. The van der Waals surface area contributed by atoms with E-state index in [1.54, 1.807) is 0 Å². The van der Waals surface area contributed by atoms with E-state index in [-0.39, 0.29) is 0 Å². The molecule has 2 rings (SSSR count). The van der Waals surface area contributed by atoms with Gasteiger partial charge in [0, 0.05) is 12.8 Å². The van der Waals surface area contributed by atoms with Gasteiger partial charge in [-0.15, -0.1) is 0 Å². The summed E-state index contributed by atoms with van der Waals surface area (Å²) in [5.41, 5.74) is 8.25. The predicted octanol–water partition coefficient (Wildman–Crippen LogP) is 2.98. The molecule has 0 spiro atoms. The number of rotatable bonds is 0. The highest BCUT2D eigenvalue weighted by molar-refractivity contribution is 5.84.